The lowest BCUT2D eigenvalue weighted by atomic mass is 10.00. The third kappa shape index (κ3) is 7.36. The van der Waals surface area contributed by atoms with Gasteiger partial charge in [0.25, 0.3) is 0 Å². The topological polar surface area (TPSA) is 27.7 Å². The minimum absolute atomic E-state index is 0.259. The van der Waals surface area contributed by atoms with Crippen molar-refractivity contribution in [2.45, 2.75) is 46.1 Å². The van der Waals surface area contributed by atoms with Crippen LogP contribution >= 0.6 is 0 Å². The molecule has 0 aliphatic rings. The second kappa shape index (κ2) is 13.5. The van der Waals surface area contributed by atoms with Gasteiger partial charge < -0.3 is 14.2 Å². The molecule has 37 heavy (non-hydrogen) atoms. The van der Waals surface area contributed by atoms with Crippen LogP contribution in [0.2, 0.25) is 0 Å². The molecule has 4 aromatic rings. The van der Waals surface area contributed by atoms with Gasteiger partial charge in [0.1, 0.15) is 29.7 Å². The standard InChI is InChI=1S/C33H35FO3/c1-3-11-28-14-8-9-15-31(28)35-20-10-21-36-32-23-33(37-24-25-12-6-5-7-13-25)30(22-26(32)4-2)27-16-18-29(34)19-17-27/h5-9,12-19,22-23H,3-4,10-11,20-21,24H2,1-2H3. The fraction of sp³-hybridized carbons (Fsp3) is 0.273. The fourth-order valence-corrected chi connectivity index (χ4v) is 4.27. The Kier molecular flexibility index (Phi) is 9.59. The Morgan fingerprint density at radius 2 is 1.35 bits per heavy atom. The zero-order chi connectivity index (χ0) is 25.9. The molecule has 192 valence electrons. The normalized spacial score (nSPS) is 10.8. The zero-order valence-corrected chi connectivity index (χ0v) is 21.7. The highest BCUT2D eigenvalue weighted by Crippen LogP contribution is 2.37. The summed E-state index contributed by atoms with van der Waals surface area (Å²) >= 11 is 0. The van der Waals surface area contributed by atoms with Gasteiger partial charge in [0.15, 0.2) is 0 Å². The number of ether oxygens (including phenoxy) is 3. The first kappa shape index (κ1) is 26.3. The number of aryl methyl sites for hydroxylation is 2. The number of hydrogen-bond donors (Lipinski definition) is 0. The lowest BCUT2D eigenvalue weighted by Crippen LogP contribution is -2.07. The molecule has 0 fully saturated rings. The van der Waals surface area contributed by atoms with Crippen molar-refractivity contribution in [3.8, 4) is 28.4 Å². The van der Waals surface area contributed by atoms with Gasteiger partial charge in [-0.25, -0.2) is 4.39 Å². The maximum absolute atomic E-state index is 13.6. The summed E-state index contributed by atoms with van der Waals surface area (Å²) in [5, 5.41) is 0. The van der Waals surface area contributed by atoms with E-state index in [-0.39, 0.29) is 5.82 Å². The van der Waals surface area contributed by atoms with Gasteiger partial charge >= 0.3 is 0 Å². The second-order valence-electron chi connectivity index (χ2n) is 9.00. The Morgan fingerprint density at radius 1 is 0.649 bits per heavy atom. The predicted octanol–water partition coefficient (Wildman–Crippen LogP) is 8.43. The number of hydrogen-bond acceptors (Lipinski definition) is 3. The van der Waals surface area contributed by atoms with Gasteiger partial charge in [-0.15, -0.1) is 0 Å². The molecule has 0 saturated heterocycles. The molecule has 4 rings (SSSR count). The zero-order valence-electron chi connectivity index (χ0n) is 21.7. The molecule has 0 N–H and O–H groups in total. The van der Waals surface area contributed by atoms with Crippen molar-refractivity contribution < 1.29 is 18.6 Å². The van der Waals surface area contributed by atoms with E-state index in [0.717, 1.165) is 59.4 Å². The van der Waals surface area contributed by atoms with E-state index < -0.39 is 0 Å². The number of rotatable bonds is 13. The van der Waals surface area contributed by atoms with E-state index in [1.54, 1.807) is 12.1 Å². The molecular formula is C33H35FO3. The van der Waals surface area contributed by atoms with Crippen molar-refractivity contribution in [2.75, 3.05) is 13.2 Å². The summed E-state index contributed by atoms with van der Waals surface area (Å²) in [6.45, 7) is 5.85. The van der Waals surface area contributed by atoms with E-state index in [1.165, 1.54) is 17.7 Å². The van der Waals surface area contributed by atoms with Crippen LogP contribution in [0.5, 0.6) is 17.2 Å². The molecule has 0 atom stereocenters. The lowest BCUT2D eigenvalue weighted by molar-refractivity contribution is 0.243. The highest BCUT2D eigenvalue weighted by Gasteiger charge is 2.14. The van der Waals surface area contributed by atoms with Crippen LogP contribution < -0.4 is 14.2 Å². The maximum atomic E-state index is 13.6. The largest absolute Gasteiger partial charge is 0.493 e. The van der Waals surface area contributed by atoms with Crippen molar-refractivity contribution in [3.63, 3.8) is 0 Å². The average molecular weight is 499 g/mol. The molecule has 0 aliphatic heterocycles. The molecule has 0 unspecified atom stereocenters. The molecule has 0 bridgehead atoms. The van der Waals surface area contributed by atoms with Crippen molar-refractivity contribution in [1.82, 2.24) is 0 Å². The Labute approximate surface area is 219 Å². The van der Waals surface area contributed by atoms with Crippen LogP contribution in [0.3, 0.4) is 0 Å². The summed E-state index contributed by atoms with van der Waals surface area (Å²) in [5.41, 5.74) is 5.24. The van der Waals surface area contributed by atoms with E-state index in [1.807, 2.05) is 48.5 Å². The third-order valence-electron chi connectivity index (χ3n) is 6.23. The summed E-state index contributed by atoms with van der Waals surface area (Å²) in [6.07, 6.45) is 3.68. The molecular weight excluding hydrogens is 463 g/mol. The first-order chi connectivity index (χ1) is 18.2. The maximum Gasteiger partial charge on any atom is 0.131 e. The lowest BCUT2D eigenvalue weighted by Gasteiger charge is -2.18. The molecule has 0 aliphatic carbocycles. The summed E-state index contributed by atoms with van der Waals surface area (Å²) in [4.78, 5) is 0. The second-order valence-corrected chi connectivity index (χ2v) is 9.00. The van der Waals surface area contributed by atoms with E-state index in [0.29, 0.717) is 25.6 Å². The van der Waals surface area contributed by atoms with Gasteiger partial charge in [0.2, 0.25) is 0 Å². The highest BCUT2D eigenvalue weighted by molar-refractivity contribution is 5.73. The minimum Gasteiger partial charge on any atom is -0.493 e. The predicted molar refractivity (Wildman–Crippen MR) is 148 cm³/mol. The smallest absolute Gasteiger partial charge is 0.131 e. The summed E-state index contributed by atoms with van der Waals surface area (Å²) in [7, 11) is 0. The SMILES string of the molecule is CCCc1ccccc1OCCCOc1cc(OCc2ccccc2)c(-c2ccc(F)cc2)cc1CC. The van der Waals surface area contributed by atoms with Gasteiger partial charge in [0, 0.05) is 18.1 Å². The number of benzene rings is 4. The minimum atomic E-state index is -0.259. The fourth-order valence-electron chi connectivity index (χ4n) is 4.27. The van der Waals surface area contributed by atoms with Crippen molar-refractivity contribution in [1.29, 1.82) is 0 Å². The molecule has 0 heterocycles. The monoisotopic (exact) mass is 498 g/mol. The van der Waals surface area contributed by atoms with Crippen LogP contribution in [-0.4, -0.2) is 13.2 Å². The molecule has 0 saturated carbocycles. The Morgan fingerprint density at radius 3 is 2.08 bits per heavy atom. The molecule has 4 heteroatoms. The molecule has 3 nitrogen and oxygen atoms in total. The van der Waals surface area contributed by atoms with Crippen LogP contribution in [0.1, 0.15) is 43.4 Å². The van der Waals surface area contributed by atoms with E-state index in [9.17, 15) is 4.39 Å². The van der Waals surface area contributed by atoms with Crippen molar-refractivity contribution in [2.24, 2.45) is 0 Å². The first-order valence-electron chi connectivity index (χ1n) is 13.1. The van der Waals surface area contributed by atoms with Crippen LogP contribution in [0.15, 0.2) is 91.0 Å². The van der Waals surface area contributed by atoms with Gasteiger partial charge in [-0.1, -0.05) is 80.9 Å². The number of para-hydroxylation sites is 1. The van der Waals surface area contributed by atoms with Crippen molar-refractivity contribution >= 4 is 0 Å². The van der Waals surface area contributed by atoms with Gasteiger partial charge in [-0.3, -0.25) is 0 Å². The third-order valence-corrected chi connectivity index (χ3v) is 6.23. The van der Waals surface area contributed by atoms with Gasteiger partial charge in [-0.2, -0.15) is 0 Å². The van der Waals surface area contributed by atoms with Gasteiger partial charge in [0.05, 0.1) is 13.2 Å². The first-order valence-corrected chi connectivity index (χ1v) is 13.1. The Bertz CT molecular complexity index is 1250. The molecule has 0 amide bonds. The molecule has 0 spiro atoms. The van der Waals surface area contributed by atoms with E-state index in [2.05, 4.69) is 32.0 Å². The van der Waals surface area contributed by atoms with Crippen molar-refractivity contribution in [3.05, 3.63) is 114 Å². The molecule has 0 aromatic heterocycles. The van der Waals surface area contributed by atoms with E-state index in [4.69, 9.17) is 14.2 Å². The Hall–Kier alpha value is -3.79. The van der Waals surface area contributed by atoms with Crippen LogP contribution in [0.25, 0.3) is 11.1 Å². The molecule has 0 radical (unpaired) electrons. The molecule has 4 aromatic carbocycles. The van der Waals surface area contributed by atoms with Gasteiger partial charge in [-0.05, 0) is 59.4 Å². The van der Waals surface area contributed by atoms with E-state index >= 15 is 0 Å². The van der Waals surface area contributed by atoms with Crippen LogP contribution in [0.4, 0.5) is 4.39 Å². The van der Waals surface area contributed by atoms with Crippen LogP contribution in [0, 0.1) is 5.82 Å². The van der Waals surface area contributed by atoms with Crippen LogP contribution in [-0.2, 0) is 19.4 Å². The number of halogens is 1. The Balaban J connectivity index is 1.47. The average Bonchev–Trinajstić information content (AvgIpc) is 2.93. The quantitative estimate of drug-likeness (QED) is 0.173. The highest BCUT2D eigenvalue weighted by atomic mass is 19.1. The summed E-state index contributed by atoms with van der Waals surface area (Å²) < 4.78 is 32.1. The summed E-state index contributed by atoms with van der Waals surface area (Å²) in [5.74, 6) is 2.22. The summed E-state index contributed by atoms with van der Waals surface area (Å²) in [6, 6.07) is 28.9.